The summed E-state index contributed by atoms with van der Waals surface area (Å²) in [6, 6.07) is 15.5. The summed E-state index contributed by atoms with van der Waals surface area (Å²) >= 11 is 3.40. The van der Waals surface area contributed by atoms with Crippen LogP contribution >= 0.6 is 15.9 Å². The third-order valence-electron chi connectivity index (χ3n) is 5.57. The van der Waals surface area contributed by atoms with Gasteiger partial charge in [0.15, 0.2) is 5.82 Å². The van der Waals surface area contributed by atoms with Gasteiger partial charge in [-0.1, -0.05) is 42.0 Å². The molecular formula is C27H27BrN4O3. The van der Waals surface area contributed by atoms with E-state index in [-0.39, 0.29) is 15.9 Å². The fourth-order valence-corrected chi connectivity index (χ4v) is 4.12. The molecule has 0 radical (unpaired) electrons. The maximum atomic E-state index is 13.4. The van der Waals surface area contributed by atoms with Crippen LogP contribution in [0.5, 0.6) is 5.88 Å². The number of aryl methyl sites for hydroxylation is 3. The van der Waals surface area contributed by atoms with Crippen molar-refractivity contribution < 1.29 is 9.84 Å². The van der Waals surface area contributed by atoms with E-state index < -0.39 is 5.60 Å². The number of hydrogen-bond acceptors (Lipinski definition) is 6. The highest BCUT2D eigenvalue weighted by Crippen LogP contribution is 2.27. The van der Waals surface area contributed by atoms with Crippen LogP contribution in [0.1, 0.15) is 42.2 Å². The third kappa shape index (κ3) is 5.33. The highest BCUT2D eigenvalue weighted by atomic mass is 79.9. The number of rotatable bonds is 6. The molecule has 4 rings (SSSR count). The number of benzene rings is 2. The van der Waals surface area contributed by atoms with Gasteiger partial charge in [0.1, 0.15) is 22.5 Å². The Bertz CT molecular complexity index is 1460. The Balaban J connectivity index is 1.72. The zero-order valence-corrected chi connectivity index (χ0v) is 21.9. The van der Waals surface area contributed by atoms with E-state index in [9.17, 15) is 9.90 Å². The lowest BCUT2D eigenvalue weighted by Gasteiger charge is -2.17. The molecule has 0 bridgehead atoms. The molecule has 35 heavy (non-hydrogen) atoms. The summed E-state index contributed by atoms with van der Waals surface area (Å²) in [5.41, 5.74) is 3.73. The largest absolute Gasteiger partial charge is 0.472 e. The van der Waals surface area contributed by atoms with Crippen molar-refractivity contribution in [1.82, 2.24) is 19.5 Å². The second-order valence-electron chi connectivity index (χ2n) is 9.02. The topological polar surface area (TPSA) is 90.1 Å². The van der Waals surface area contributed by atoms with Crippen LogP contribution in [-0.2, 0) is 12.2 Å². The lowest BCUT2D eigenvalue weighted by atomic mass is 10.1. The second kappa shape index (κ2) is 9.71. The molecule has 180 valence electrons. The lowest BCUT2D eigenvalue weighted by Crippen LogP contribution is -2.24. The van der Waals surface area contributed by atoms with Crippen molar-refractivity contribution in [2.75, 3.05) is 0 Å². The maximum absolute atomic E-state index is 13.4. The van der Waals surface area contributed by atoms with Crippen molar-refractivity contribution in [2.45, 2.75) is 46.8 Å². The van der Waals surface area contributed by atoms with E-state index >= 15 is 0 Å². The standard InChI is InChI=1S/C27H27BrN4O3/c1-16-7-6-8-19(13-16)15-35-24-23(28)25(33)32(18(3)30-24)22-14-20(10-9-17(22)2)21-11-12-29-26(31-21)27(4,5)34/h6-14,34H,15H2,1-5H3. The molecule has 0 unspecified atom stereocenters. The highest BCUT2D eigenvalue weighted by molar-refractivity contribution is 9.10. The van der Waals surface area contributed by atoms with Gasteiger partial charge in [-0.3, -0.25) is 9.36 Å². The van der Waals surface area contributed by atoms with Crippen molar-refractivity contribution in [2.24, 2.45) is 0 Å². The predicted octanol–water partition coefficient (Wildman–Crippen LogP) is 5.18. The Hall–Kier alpha value is -3.36. The molecule has 0 saturated heterocycles. The van der Waals surface area contributed by atoms with Crippen LogP contribution in [0.25, 0.3) is 16.9 Å². The Labute approximate surface area is 212 Å². The zero-order chi connectivity index (χ0) is 25.3. The first-order valence-electron chi connectivity index (χ1n) is 11.2. The normalized spacial score (nSPS) is 11.5. The summed E-state index contributed by atoms with van der Waals surface area (Å²) in [4.78, 5) is 26.7. The third-order valence-corrected chi connectivity index (χ3v) is 6.25. The van der Waals surface area contributed by atoms with Crippen LogP contribution in [0.3, 0.4) is 0 Å². The molecule has 0 saturated carbocycles. The number of aromatic nitrogens is 4. The zero-order valence-electron chi connectivity index (χ0n) is 20.3. The van der Waals surface area contributed by atoms with Crippen LogP contribution in [0.4, 0.5) is 0 Å². The number of ether oxygens (including phenoxy) is 1. The van der Waals surface area contributed by atoms with Crippen LogP contribution in [-0.4, -0.2) is 24.6 Å². The van der Waals surface area contributed by atoms with Crippen LogP contribution in [0.2, 0.25) is 0 Å². The van der Waals surface area contributed by atoms with Crippen molar-refractivity contribution in [3.05, 3.63) is 97.9 Å². The summed E-state index contributed by atoms with van der Waals surface area (Å²) in [5, 5.41) is 10.3. The smallest absolute Gasteiger partial charge is 0.276 e. The molecule has 0 amide bonds. The minimum atomic E-state index is -1.17. The summed E-state index contributed by atoms with van der Waals surface area (Å²) in [7, 11) is 0. The summed E-state index contributed by atoms with van der Waals surface area (Å²) < 4.78 is 7.70. The molecule has 0 aliphatic heterocycles. The molecule has 8 heteroatoms. The maximum Gasteiger partial charge on any atom is 0.276 e. The quantitative estimate of drug-likeness (QED) is 0.366. The molecule has 4 aromatic rings. The van der Waals surface area contributed by atoms with Gasteiger partial charge < -0.3 is 9.84 Å². The number of hydrogen-bond donors (Lipinski definition) is 1. The number of halogens is 1. The fourth-order valence-electron chi connectivity index (χ4n) is 3.74. The summed E-state index contributed by atoms with van der Waals surface area (Å²) in [5.74, 6) is 1.08. The van der Waals surface area contributed by atoms with Crippen molar-refractivity contribution in [3.8, 4) is 22.8 Å². The first kappa shape index (κ1) is 24.8. The Morgan fingerprint density at radius 1 is 1.06 bits per heavy atom. The van der Waals surface area contributed by atoms with Crippen LogP contribution < -0.4 is 10.3 Å². The Morgan fingerprint density at radius 3 is 2.54 bits per heavy atom. The van der Waals surface area contributed by atoms with Gasteiger partial charge in [0.25, 0.3) is 5.56 Å². The first-order valence-corrected chi connectivity index (χ1v) is 12.0. The van der Waals surface area contributed by atoms with Gasteiger partial charge in [-0.2, -0.15) is 4.98 Å². The second-order valence-corrected chi connectivity index (χ2v) is 9.82. The van der Waals surface area contributed by atoms with E-state index in [2.05, 4.69) is 30.9 Å². The molecule has 2 aromatic carbocycles. The van der Waals surface area contributed by atoms with Gasteiger partial charge in [-0.25, -0.2) is 9.97 Å². The molecule has 1 N–H and O–H groups in total. The van der Waals surface area contributed by atoms with E-state index in [0.29, 0.717) is 29.6 Å². The molecular weight excluding hydrogens is 508 g/mol. The molecule has 2 aromatic heterocycles. The minimum Gasteiger partial charge on any atom is -0.472 e. The van der Waals surface area contributed by atoms with Gasteiger partial charge in [-0.05, 0) is 73.8 Å². The SMILES string of the molecule is Cc1cccc(COc2nc(C)n(-c3cc(-c4ccnc(C(C)(C)O)n4)ccc3C)c(=O)c2Br)c1. The van der Waals surface area contributed by atoms with E-state index in [0.717, 1.165) is 22.3 Å². The van der Waals surface area contributed by atoms with Crippen molar-refractivity contribution in [1.29, 1.82) is 0 Å². The molecule has 2 heterocycles. The minimum absolute atomic E-state index is 0.254. The molecule has 0 aliphatic rings. The monoisotopic (exact) mass is 534 g/mol. The van der Waals surface area contributed by atoms with Crippen LogP contribution in [0.15, 0.2) is 64.0 Å². The van der Waals surface area contributed by atoms with E-state index in [1.807, 2.05) is 56.3 Å². The Morgan fingerprint density at radius 2 is 1.83 bits per heavy atom. The first-order chi connectivity index (χ1) is 16.5. The van der Waals surface area contributed by atoms with E-state index in [4.69, 9.17) is 4.74 Å². The molecule has 0 spiro atoms. The molecule has 0 atom stereocenters. The summed E-state index contributed by atoms with van der Waals surface area (Å²) in [6.45, 7) is 9.32. The fraction of sp³-hybridized carbons (Fsp3) is 0.259. The van der Waals surface area contributed by atoms with E-state index in [1.165, 1.54) is 0 Å². The molecule has 7 nitrogen and oxygen atoms in total. The molecule has 0 aliphatic carbocycles. The highest BCUT2D eigenvalue weighted by Gasteiger charge is 2.21. The number of aliphatic hydroxyl groups is 1. The van der Waals surface area contributed by atoms with Gasteiger partial charge in [-0.15, -0.1) is 0 Å². The number of nitrogens with zero attached hydrogens (tertiary/aromatic N) is 4. The lowest BCUT2D eigenvalue weighted by molar-refractivity contribution is 0.0688. The van der Waals surface area contributed by atoms with Gasteiger partial charge in [0.2, 0.25) is 5.88 Å². The van der Waals surface area contributed by atoms with Crippen molar-refractivity contribution >= 4 is 15.9 Å². The van der Waals surface area contributed by atoms with E-state index in [1.54, 1.807) is 37.6 Å². The average molecular weight is 535 g/mol. The average Bonchev–Trinajstić information content (AvgIpc) is 2.81. The van der Waals surface area contributed by atoms with Crippen LogP contribution in [0, 0.1) is 20.8 Å². The van der Waals surface area contributed by atoms with Gasteiger partial charge >= 0.3 is 0 Å². The predicted molar refractivity (Wildman–Crippen MR) is 139 cm³/mol. The van der Waals surface area contributed by atoms with Gasteiger partial charge in [0, 0.05) is 11.8 Å². The van der Waals surface area contributed by atoms with Gasteiger partial charge in [0.05, 0.1) is 11.4 Å². The van der Waals surface area contributed by atoms with Crippen molar-refractivity contribution in [3.63, 3.8) is 0 Å². The summed E-state index contributed by atoms with van der Waals surface area (Å²) in [6.07, 6.45) is 1.62. The molecule has 0 fully saturated rings. The Kier molecular flexibility index (Phi) is 6.87.